The largest absolute Gasteiger partial charge is 0.430 e. The highest BCUT2D eigenvalue weighted by Gasteiger charge is 2.78. The highest BCUT2D eigenvalue weighted by Crippen LogP contribution is 2.51. The van der Waals surface area contributed by atoms with Gasteiger partial charge in [0.1, 0.15) is 0 Å². The van der Waals surface area contributed by atoms with Crippen molar-refractivity contribution in [3.8, 4) is 0 Å². The summed E-state index contributed by atoms with van der Waals surface area (Å²) in [7, 11) is 0. The van der Waals surface area contributed by atoms with Gasteiger partial charge in [0.25, 0.3) is 0 Å². The zero-order valence-electron chi connectivity index (χ0n) is 7.15. The van der Waals surface area contributed by atoms with E-state index in [-0.39, 0.29) is 0 Å². The van der Waals surface area contributed by atoms with Crippen molar-refractivity contribution >= 4 is 0 Å². The van der Waals surface area contributed by atoms with E-state index in [9.17, 15) is 22.0 Å². The topological polar surface area (TPSA) is 38.7 Å². The summed E-state index contributed by atoms with van der Waals surface area (Å²) in [5.41, 5.74) is 0. The number of halogens is 5. The van der Waals surface area contributed by atoms with Crippen molar-refractivity contribution in [3.05, 3.63) is 0 Å². The third-order valence-corrected chi connectivity index (χ3v) is 1.51. The summed E-state index contributed by atoms with van der Waals surface area (Å²) in [5.74, 6) is -7.82. The molecule has 14 heavy (non-hydrogen) atoms. The molecule has 1 saturated heterocycles. The van der Waals surface area contributed by atoms with Gasteiger partial charge in [-0.2, -0.15) is 22.0 Å². The number of ether oxygens (including phenoxy) is 2. The minimum absolute atomic E-state index is 0.765. The van der Waals surface area contributed by atoms with E-state index < -0.39 is 23.9 Å². The molecule has 1 atom stereocenters. The number of rotatable bonds is 0. The quantitative estimate of drug-likeness (QED) is 0.633. The maximum atomic E-state index is 12.7. The van der Waals surface area contributed by atoms with Crippen molar-refractivity contribution in [2.75, 3.05) is 0 Å². The fourth-order valence-electron chi connectivity index (χ4n) is 0.963. The minimum atomic E-state index is -5.46. The van der Waals surface area contributed by atoms with Crippen molar-refractivity contribution in [1.82, 2.24) is 0 Å². The lowest BCUT2D eigenvalue weighted by atomic mass is 10.2. The molecule has 1 unspecified atom stereocenters. The van der Waals surface area contributed by atoms with Crippen LogP contribution >= 0.6 is 0 Å². The molecule has 1 aliphatic rings. The van der Waals surface area contributed by atoms with E-state index in [1.54, 1.807) is 0 Å². The summed E-state index contributed by atoms with van der Waals surface area (Å²) in [6.07, 6.45) is -5.14. The standard InChI is InChI=1S/C6H7F5O3/c1-3(2)13-5(9,10)4(7,8)6(11,12)14-3/h12H,1-2H3. The van der Waals surface area contributed by atoms with Gasteiger partial charge in [0.05, 0.1) is 0 Å². The molecule has 0 bridgehead atoms. The number of alkyl halides is 5. The van der Waals surface area contributed by atoms with E-state index in [2.05, 4.69) is 9.47 Å². The average molecular weight is 222 g/mol. The second-order valence-electron chi connectivity index (χ2n) is 3.26. The van der Waals surface area contributed by atoms with Gasteiger partial charge in [-0.25, -0.2) is 0 Å². The molecular weight excluding hydrogens is 215 g/mol. The summed E-state index contributed by atoms with van der Waals surface area (Å²) in [4.78, 5) is 0. The zero-order valence-corrected chi connectivity index (χ0v) is 7.15. The first-order chi connectivity index (χ1) is 5.91. The van der Waals surface area contributed by atoms with E-state index in [0.29, 0.717) is 0 Å². The third-order valence-electron chi connectivity index (χ3n) is 1.51. The SMILES string of the molecule is CC1(C)OC(O)(F)C(F)(F)C(F)(F)O1. The second-order valence-corrected chi connectivity index (χ2v) is 3.26. The molecule has 1 heterocycles. The maximum absolute atomic E-state index is 12.7. The molecule has 0 aromatic heterocycles. The first kappa shape index (κ1) is 11.6. The van der Waals surface area contributed by atoms with Gasteiger partial charge >= 0.3 is 18.1 Å². The van der Waals surface area contributed by atoms with Crippen molar-refractivity contribution < 1.29 is 36.5 Å². The number of aliphatic hydroxyl groups is 1. The Kier molecular flexibility index (Phi) is 2.12. The molecule has 1 rings (SSSR count). The van der Waals surface area contributed by atoms with Gasteiger partial charge in [-0.3, -0.25) is 9.47 Å². The molecule has 3 nitrogen and oxygen atoms in total. The van der Waals surface area contributed by atoms with Crippen molar-refractivity contribution in [2.24, 2.45) is 0 Å². The van der Waals surface area contributed by atoms with Crippen molar-refractivity contribution in [2.45, 2.75) is 37.7 Å². The van der Waals surface area contributed by atoms with E-state index in [1.165, 1.54) is 0 Å². The van der Waals surface area contributed by atoms with Gasteiger partial charge in [-0.1, -0.05) is 0 Å². The van der Waals surface area contributed by atoms with Crippen LogP contribution in [0.4, 0.5) is 22.0 Å². The van der Waals surface area contributed by atoms with Crippen LogP contribution in [0, 0.1) is 0 Å². The Labute approximate surface area is 75.4 Å². The Morgan fingerprint density at radius 2 is 1.36 bits per heavy atom. The fraction of sp³-hybridized carbons (Fsp3) is 1.00. The lowest BCUT2D eigenvalue weighted by Gasteiger charge is -2.44. The van der Waals surface area contributed by atoms with E-state index in [0.717, 1.165) is 13.8 Å². The Bertz CT molecular complexity index is 228. The van der Waals surface area contributed by atoms with Crippen LogP contribution in [0.1, 0.15) is 13.8 Å². The molecule has 1 N–H and O–H groups in total. The Hall–Kier alpha value is -0.470. The van der Waals surface area contributed by atoms with Crippen LogP contribution in [0.2, 0.25) is 0 Å². The molecule has 0 aliphatic carbocycles. The predicted octanol–water partition coefficient (Wildman–Crippen LogP) is 1.61. The first-order valence-corrected chi connectivity index (χ1v) is 3.49. The molecule has 0 spiro atoms. The highest BCUT2D eigenvalue weighted by molar-refractivity contribution is 4.91. The third kappa shape index (κ3) is 1.47. The second kappa shape index (κ2) is 2.56. The van der Waals surface area contributed by atoms with Gasteiger partial charge < -0.3 is 5.11 Å². The van der Waals surface area contributed by atoms with Crippen molar-refractivity contribution in [1.29, 1.82) is 0 Å². The van der Waals surface area contributed by atoms with Gasteiger partial charge in [-0.05, 0) is 13.8 Å². The highest BCUT2D eigenvalue weighted by atomic mass is 19.3. The molecule has 0 amide bonds. The van der Waals surface area contributed by atoms with Gasteiger partial charge in [-0.15, -0.1) is 0 Å². The predicted molar refractivity (Wildman–Crippen MR) is 32.2 cm³/mol. The van der Waals surface area contributed by atoms with Crippen LogP contribution in [0.15, 0.2) is 0 Å². The summed E-state index contributed by atoms with van der Waals surface area (Å²) in [6, 6.07) is -4.77. The van der Waals surface area contributed by atoms with Gasteiger partial charge in [0.15, 0.2) is 5.79 Å². The Morgan fingerprint density at radius 1 is 0.929 bits per heavy atom. The normalized spacial score (nSPS) is 39.4. The first-order valence-electron chi connectivity index (χ1n) is 3.49. The number of hydrogen-bond donors (Lipinski definition) is 1. The Balaban J connectivity index is 3.13. The van der Waals surface area contributed by atoms with E-state index >= 15 is 0 Å². The molecule has 0 radical (unpaired) electrons. The molecular formula is C6H7F5O3. The van der Waals surface area contributed by atoms with Gasteiger partial charge in [0.2, 0.25) is 0 Å². The van der Waals surface area contributed by atoms with Crippen molar-refractivity contribution in [3.63, 3.8) is 0 Å². The summed E-state index contributed by atoms with van der Waals surface area (Å²) in [5, 5.41) is 8.37. The minimum Gasteiger partial charge on any atom is -0.335 e. The summed E-state index contributed by atoms with van der Waals surface area (Å²) < 4.78 is 69.8. The lowest BCUT2D eigenvalue weighted by molar-refractivity contribution is -0.571. The van der Waals surface area contributed by atoms with Crippen LogP contribution in [0.5, 0.6) is 0 Å². The van der Waals surface area contributed by atoms with Crippen LogP contribution < -0.4 is 0 Å². The zero-order chi connectivity index (χ0) is 11.4. The molecule has 84 valence electrons. The van der Waals surface area contributed by atoms with Gasteiger partial charge in [0, 0.05) is 0 Å². The Morgan fingerprint density at radius 3 is 1.71 bits per heavy atom. The average Bonchev–Trinajstić information content (AvgIpc) is 1.77. The monoisotopic (exact) mass is 222 g/mol. The number of hydrogen-bond acceptors (Lipinski definition) is 3. The molecule has 0 aromatic carbocycles. The lowest BCUT2D eigenvalue weighted by Crippen LogP contribution is -2.67. The maximum Gasteiger partial charge on any atom is 0.430 e. The fourth-order valence-corrected chi connectivity index (χ4v) is 0.963. The van der Waals surface area contributed by atoms with E-state index in [1.807, 2.05) is 0 Å². The summed E-state index contributed by atoms with van der Waals surface area (Å²) >= 11 is 0. The molecule has 1 aliphatic heterocycles. The van der Waals surface area contributed by atoms with Crippen LogP contribution in [-0.4, -0.2) is 29.0 Å². The molecule has 8 heteroatoms. The van der Waals surface area contributed by atoms with E-state index in [4.69, 9.17) is 5.11 Å². The van der Waals surface area contributed by atoms with Crippen LogP contribution in [0.3, 0.4) is 0 Å². The molecule has 1 fully saturated rings. The van der Waals surface area contributed by atoms with Crippen LogP contribution in [-0.2, 0) is 9.47 Å². The molecule has 0 aromatic rings. The smallest absolute Gasteiger partial charge is 0.335 e. The van der Waals surface area contributed by atoms with Crippen LogP contribution in [0.25, 0.3) is 0 Å². The summed E-state index contributed by atoms with van der Waals surface area (Å²) in [6.45, 7) is 1.53. The molecule has 0 saturated carbocycles.